The van der Waals surface area contributed by atoms with Gasteiger partial charge in [0.2, 0.25) is 5.95 Å². The molecule has 3 heterocycles. The van der Waals surface area contributed by atoms with Crippen molar-refractivity contribution in [3.8, 4) is 11.3 Å². The Morgan fingerprint density at radius 2 is 1.90 bits per heavy atom. The molecule has 1 fully saturated rings. The lowest BCUT2D eigenvalue weighted by Crippen LogP contribution is -2.21. The van der Waals surface area contributed by atoms with E-state index in [-0.39, 0.29) is 5.41 Å². The number of aliphatic hydroxyl groups excluding tert-OH is 1. The SMILES string of the molecule is CC(O)c1ccnc(-c2cnc(N3CC4(CC4)c4ccc(S(C)=O)cc43)nc2)c1. The molecule has 1 aliphatic carbocycles. The summed E-state index contributed by atoms with van der Waals surface area (Å²) in [5.74, 6) is 0.643. The highest BCUT2D eigenvalue weighted by Gasteiger charge is 2.52. The molecule has 148 valence electrons. The van der Waals surface area contributed by atoms with Crippen LogP contribution in [0.25, 0.3) is 11.3 Å². The number of aromatic nitrogens is 3. The summed E-state index contributed by atoms with van der Waals surface area (Å²) in [4.78, 5) is 16.6. The zero-order chi connectivity index (χ0) is 20.2. The Labute approximate surface area is 172 Å². The molecule has 0 saturated heterocycles. The van der Waals surface area contributed by atoms with E-state index in [0.717, 1.165) is 33.9 Å². The van der Waals surface area contributed by atoms with Crippen LogP contribution in [0.15, 0.2) is 53.8 Å². The van der Waals surface area contributed by atoms with E-state index >= 15 is 0 Å². The zero-order valence-corrected chi connectivity index (χ0v) is 17.2. The summed E-state index contributed by atoms with van der Waals surface area (Å²) in [6.45, 7) is 2.59. The molecule has 0 radical (unpaired) electrons. The Balaban J connectivity index is 1.49. The second-order valence-electron chi connectivity index (χ2n) is 7.92. The summed E-state index contributed by atoms with van der Waals surface area (Å²) in [6, 6.07) is 9.77. The van der Waals surface area contributed by atoms with Crippen LogP contribution in [0.2, 0.25) is 0 Å². The quantitative estimate of drug-likeness (QED) is 0.714. The first-order valence-corrected chi connectivity index (χ1v) is 11.2. The number of pyridine rings is 1. The molecular formula is C22H22N4O2S. The molecule has 5 rings (SSSR count). The van der Waals surface area contributed by atoms with E-state index in [9.17, 15) is 9.32 Å². The predicted octanol–water partition coefficient (Wildman–Crippen LogP) is 3.51. The van der Waals surface area contributed by atoms with Crippen LogP contribution in [0.1, 0.15) is 37.0 Å². The molecule has 3 aromatic rings. The molecule has 1 aliphatic heterocycles. The van der Waals surface area contributed by atoms with Crippen molar-refractivity contribution in [2.75, 3.05) is 17.7 Å². The van der Waals surface area contributed by atoms with Gasteiger partial charge in [-0.25, -0.2) is 9.97 Å². The molecule has 29 heavy (non-hydrogen) atoms. The third kappa shape index (κ3) is 3.14. The molecule has 7 heteroatoms. The van der Waals surface area contributed by atoms with Crippen molar-refractivity contribution < 1.29 is 9.32 Å². The topological polar surface area (TPSA) is 79.2 Å². The Hall–Kier alpha value is -2.64. The zero-order valence-electron chi connectivity index (χ0n) is 16.4. The van der Waals surface area contributed by atoms with Crippen molar-refractivity contribution >= 4 is 22.4 Å². The predicted molar refractivity (Wildman–Crippen MR) is 113 cm³/mol. The average molecular weight is 407 g/mol. The van der Waals surface area contributed by atoms with Gasteiger partial charge in [0.15, 0.2) is 0 Å². The van der Waals surface area contributed by atoms with Crippen molar-refractivity contribution in [1.29, 1.82) is 0 Å². The van der Waals surface area contributed by atoms with Gasteiger partial charge in [0, 0.05) is 63.8 Å². The third-order valence-electron chi connectivity index (χ3n) is 5.92. The maximum absolute atomic E-state index is 12.0. The molecule has 2 aliphatic rings. The van der Waals surface area contributed by atoms with Crippen molar-refractivity contribution in [2.45, 2.75) is 36.2 Å². The lowest BCUT2D eigenvalue weighted by atomic mass is 9.99. The largest absolute Gasteiger partial charge is 0.389 e. The molecule has 2 aromatic heterocycles. The molecule has 6 nitrogen and oxygen atoms in total. The van der Waals surface area contributed by atoms with E-state index in [2.05, 4.69) is 25.9 Å². The summed E-state index contributed by atoms with van der Waals surface area (Å²) < 4.78 is 12.0. The molecule has 0 amide bonds. The van der Waals surface area contributed by atoms with Gasteiger partial charge in [0.25, 0.3) is 0 Å². The fraction of sp³-hybridized carbons (Fsp3) is 0.318. The first-order valence-electron chi connectivity index (χ1n) is 9.69. The number of benzene rings is 1. The first kappa shape index (κ1) is 18.4. The van der Waals surface area contributed by atoms with Gasteiger partial charge in [-0.1, -0.05) is 6.07 Å². The van der Waals surface area contributed by atoms with Crippen LogP contribution < -0.4 is 4.90 Å². The Morgan fingerprint density at radius 1 is 1.14 bits per heavy atom. The number of fused-ring (bicyclic) bond motifs is 2. The van der Waals surface area contributed by atoms with Crippen molar-refractivity contribution in [3.05, 3.63) is 60.0 Å². The fourth-order valence-corrected chi connectivity index (χ4v) is 4.59. The van der Waals surface area contributed by atoms with Gasteiger partial charge in [-0.2, -0.15) is 0 Å². The lowest BCUT2D eigenvalue weighted by Gasteiger charge is -2.18. The Kier molecular flexibility index (Phi) is 4.26. The molecule has 1 spiro atoms. The van der Waals surface area contributed by atoms with Crippen molar-refractivity contribution in [1.82, 2.24) is 15.0 Å². The molecular weight excluding hydrogens is 384 g/mol. The maximum Gasteiger partial charge on any atom is 0.229 e. The third-order valence-corrected chi connectivity index (χ3v) is 6.84. The first-order chi connectivity index (χ1) is 14.0. The van der Waals surface area contributed by atoms with Crippen molar-refractivity contribution in [3.63, 3.8) is 0 Å². The number of rotatable bonds is 4. The van der Waals surface area contributed by atoms with Crippen LogP contribution in [0.4, 0.5) is 11.6 Å². The number of aliphatic hydroxyl groups is 1. The van der Waals surface area contributed by atoms with Gasteiger partial charge in [-0.3, -0.25) is 9.19 Å². The van der Waals surface area contributed by atoms with Crippen LogP contribution in [0, 0.1) is 0 Å². The Bertz CT molecular complexity index is 1110. The van der Waals surface area contributed by atoms with E-state index in [1.54, 1.807) is 37.8 Å². The number of hydrogen-bond donors (Lipinski definition) is 1. The summed E-state index contributed by atoms with van der Waals surface area (Å²) in [6.07, 6.45) is 8.72. The van der Waals surface area contributed by atoms with Crippen LogP contribution in [0.5, 0.6) is 0 Å². The van der Waals surface area contributed by atoms with Gasteiger partial charge in [-0.05, 0) is 55.2 Å². The lowest BCUT2D eigenvalue weighted by molar-refractivity contribution is 0.199. The highest BCUT2D eigenvalue weighted by atomic mass is 32.2. The van der Waals surface area contributed by atoms with Crippen LogP contribution >= 0.6 is 0 Å². The van der Waals surface area contributed by atoms with E-state index in [0.29, 0.717) is 5.95 Å². The van der Waals surface area contributed by atoms with Gasteiger partial charge in [0.05, 0.1) is 11.8 Å². The highest BCUT2D eigenvalue weighted by molar-refractivity contribution is 7.84. The monoisotopic (exact) mass is 406 g/mol. The summed E-state index contributed by atoms with van der Waals surface area (Å²) in [7, 11) is -1.03. The standard InChI is InChI=1S/C22H22N4O2S/c1-14(27)15-5-8-23-19(9-15)16-11-24-21(25-12-16)26-13-22(6-7-22)18-4-3-17(29(2)28)10-20(18)26/h3-5,8-12,14,27H,6-7,13H2,1-2H3. The molecule has 0 bridgehead atoms. The molecule has 1 saturated carbocycles. The second-order valence-corrected chi connectivity index (χ2v) is 9.30. The molecule has 1 aromatic carbocycles. The number of anilines is 2. The normalized spacial score (nSPS) is 18.5. The minimum absolute atomic E-state index is 0.193. The van der Waals surface area contributed by atoms with E-state index < -0.39 is 16.9 Å². The minimum Gasteiger partial charge on any atom is -0.389 e. The molecule has 1 N–H and O–H groups in total. The summed E-state index contributed by atoms with van der Waals surface area (Å²) in [5, 5.41) is 9.80. The fourth-order valence-electron chi connectivity index (χ4n) is 4.05. The summed E-state index contributed by atoms with van der Waals surface area (Å²) in [5.41, 5.74) is 4.92. The van der Waals surface area contributed by atoms with Gasteiger partial charge in [0.1, 0.15) is 0 Å². The molecule has 2 unspecified atom stereocenters. The summed E-state index contributed by atoms with van der Waals surface area (Å²) >= 11 is 0. The van der Waals surface area contributed by atoms with E-state index in [1.807, 2.05) is 18.2 Å². The highest BCUT2D eigenvalue weighted by Crippen LogP contribution is 2.57. The van der Waals surface area contributed by atoms with Crippen LogP contribution in [0.3, 0.4) is 0 Å². The van der Waals surface area contributed by atoms with Crippen LogP contribution in [-0.4, -0.2) is 37.1 Å². The number of hydrogen-bond acceptors (Lipinski definition) is 6. The number of nitrogens with zero attached hydrogens (tertiary/aromatic N) is 4. The van der Waals surface area contributed by atoms with Gasteiger partial charge < -0.3 is 10.0 Å². The molecule has 2 atom stereocenters. The minimum atomic E-state index is -1.03. The van der Waals surface area contributed by atoms with E-state index in [4.69, 9.17) is 0 Å². The average Bonchev–Trinajstić information content (AvgIpc) is 3.45. The van der Waals surface area contributed by atoms with Gasteiger partial charge >= 0.3 is 0 Å². The second kappa shape index (κ2) is 6.71. The Morgan fingerprint density at radius 3 is 2.55 bits per heavy atom. The smallest absolute Gasteiger partial charge is 0.229 e. The van der Waals surface area contributed by atoms with Crippen LogP contribution in [-0.2, 0) is 16.2 Å². The van der Waals surface area contributed by atoms with Gasteiger partial charge in [-0.15, -0.1) is 0 Å². The maximum atomic E-state index is 12.0. The van der Waals surface area contributed by atoms with E-state index in [1.165, 1.54) is 18.4 Å². The van der Waals surface area contributed by atoms with Crippen molar-refractivity contribution in [2.24, 2.45) is 0 Å².